The van der Waals surface area contributed by atoms with E-state index in [0.717, 1.165) is 6.07 Å². The number of allylic oxidation sites excluding steroid dienone is 1. The lowest BCUT2D eigenvalue weighted by Gasteiger charge is -2.07. The second-order valence-corrected chi connectivity index (χ2v) is 6.38. The molecule has 0 aromatic heterocycles. The van der Waals surface area contributed by atoms with Crippen molar-refractivity contribution in [2.75, 3.05) is 0 Å². The smallest absolute Gasteiger partial charge is 0.235 e. The third-order valence-corrected chi connectivity index (χ3v) is 4.58. The van der Waals surface area contributed by atoms with E-state index < -0.39 is 11.5 Å². The van der Waals surface area contributed by atoms with Crippen LogP contribution in [0.15, 0.2) is 32.9 Å². The van der Waals surface area contributed by atoms with Gasteiger partial charge in [-0.25, -0.2) is 0 Å². The first-order valence-corrected chi connectivity index (χ1v) is 7.78. The van der Waals surface area contributed by atoms with Crippen LogP contribution in [0, 0.1) is 0 Å². The molecule has 0 spiro atoms. The van der Waals surface area contributed by atoms with Gasteiger partial charge in [0.25, 0.3) is 0 Å². The zero-order valence-electron chi connectivity index (χ0n) is 11.2. The van der Waals surface area contributed by atoms with Gasteiger partial charge in [0.1, 0.15) is 38.8 Å². The Morgan fingerprint density at radius 3 is 2.39 bits per heavy atom. The fourth-order valence-corrected chi connectivity index (χ4v) is 3.30. The second-order valence-electron chi connectivity index (χ2n) is 4.74. The molecule has 2 aromatic rings. The number of ketones is 1. The molecule has 0 fully saturated rings. The van der Waals surface area contributed by atoms with E-state index in [-0.39, 0.29) is 44.4 Å². The molecule has 0 amide bonds. The SMILES string of the molecule is O=C1/C(=C/c2cc(Br)c(O)c(Br)c2O)Oc2cc(O)cc(O)c21. The molecule has 0 bridgehead atoms. The lowest BCUT2D eigenvalue weighted by atomic mass is 10.1. The molecule has 4 N–H and O–H groups in total. The number of halogens is 2. The number of hydrogen-bond acceptors (Lipinski definition) is 6. The van der Waals surface area contributed by atoms with Crippen molar-refractivity contribution in [2.45, 2.75) is 0 Å². The summed E-state index contributed by atoms with van der Waals surface area (Å²) in [4.78, 5) is 12.3. The normalized spacial score (nSPS) is 14.9. The predicted molar refractivity (Wildman–Crippen MR) is 87.9 cm³/mol. The van der Waals surface area contributed by atoms with Gasteiger partial charge in [-0.15, -0.1) is 0 Å². The maximum Gasteiger partial charge on any atom is 0.235 e. The maximum absolute atomic E-state index is 12.3. The maximum atomic E-state index is 12.3. The van der Waals surface area contributed by atoms with E-state index in [0.29, 0.717) is 4.47 Å². The first-order chi connectivity index (χ1) is 10.8. The number of hydrogen-bond donors (Lipinski definition) is 4. The van der Waals surface area contributed by atoms with E-state index in [4.69, 9.17) is 4.74 Å². The van der Waals surface area contributed by atoms with Gasteiger partial charge in [0, 0.05) is 17.7 Å². The summed E-state index contributed by atoms with van der Waals surface area (Å²) in [7, 11) is 0. The van der Waals surface area contributed by atoms with Crippen molar-refractivity contribution in [3.63, 3.8) is 0 Å². The predicted octanol–water partition coefficient (Wildman–Crippen LogP) is 3.65. The van der Waals surface area contributed by atoms with E-state index in [9.17, 15) is 25.2 Å². The van der Waals surface area contributed by atoms with Crippen molar-refractivity contribution in [1.29, 1.82) is 0 Å². The second kappa shape index (κ2) is 5.47. The van der Waals surface area contributed by atoms with Crippen LogP contribution >= 0.6 is 31.9 Å². The number of phenols is 4. The topological polar surface area (TPSA) is 107 Å². The van der Waals surface area contributed by atoms with Gasteiger partial charge >= 0.3 is 0 Å². The molecule has 118 valence electrons. The molecule has 8 heteroatoms. The number of aromatic hydroxyl groups is 4. The zero-order chi connectivity index (χ0) is 16.9. The number of ether oxygens (including phenoxy) is 1. The van der Waals surface area contributed by atoms with Gasteiger partial charge < -0.3 is 25.2 Å². The summed E-state index contributed by atoms with van der Waals surface area (Å²) in [5.74, 6) is -1.81. The summed E-state index contributed by atoms with van der Waals surface area (Å²) >= 11 is 6.16. The van der Waals surface area contributed by atoms with Crippen LogP contribution in [0.3, 0.4) is 0 Å². The van der Waals surface area contributed by atoms with Crippen LogP contribution in [0.4, 0.5) is 0 Å². The summed E-state index contributed by atoms with van der Waals surface area (Å²) in [5, 5.41) is 38.9. The minimum Gasteiger partial charge on any atom is -0.508 e. The molecular weight excluding hydrogens is 436 g/mol. The Labute approximate surface area is 146 Å². The Kier molecular flexibility index (Phi) is 3.73. The largest absolute Gasteiger partial charge is 0.508 e. The average molecular weight is 444 g/mol. The van der Waals surface area contributed by atoms with Crippen LogP contribution in [0.5, 0.6) is 28.7 Å². The van der Waals surface area contributed by atoms with Gasteiger partial charge in [0.15, 0.2) is 5.76 Å². The summed E-state index contributed by atoms with van der Waals surface area (Å²) < 4.78 is 5.70. The number of Topliss-reactive ketones (excluding diaryl/α,β-unsaturated/α-hetero) is 1. The highest BCUT2D eigenvalue weighted by Gasteiger charge is 2.31. The Bertz CT molecular complexity index is 888. The van der Waals surface area contributed by atoms with Crippen LogP contribution in [-0.4, -0.2) is 26.2 Å². The van der Waals surface area contributed by atoms with E-state index >= 15 is 0 Å². The standard InChI is InChI=1S/C15H8Br2O6/c16-7-1-5(13(20)12(17)14(7)21)2-10-15(22)11-8(19)3-6(18)4-9(11)23-10/h1-4,18-21H/b10-2-. The van der Waals surface area contributed by atoms with Crippen molar-refractivity contribution in [3.8, 4) is 28.7 Å². The molecule has 2 aromatic carbocycles. The van der Waals surface area contributed by atoms with Crippen LogP contribution in [-0.2, 0) is 0 Å². The highest BCUT2D eigenvalue weighted by atomic mass is 79.9. The minimum absolute atomic E-state index is 0.0233. The summed E-state index contributed by atoms with van der Waals surface area (Å²) in [6, 6.07) is 3.64. The molecule has 0 aliphatic carbocycles. The van der Waals surface area contributed by atoms with E-state index in [1.165, 1.54) is 18.2 Å². The monoisotopic (exact) mass is 442 g/mol. The number of rotatable bonds is 1. The van der Waals surface area contributed by atoms with Gasteiger partial charge in [-0.1, -0.05) is 0 Å². The molecule has 1 aliphatic rings. The first kappa shape index (κ1) is 15.7. The first-order valence-electron chi connectivity index (χ1n) is 6.19. The molecule has 1 heterocycles. The van der Waals surface area contributed by atoms with Crippen molar-refractivity contribution < 1.29 is 30.0 Å². The summed E-state index contributed by atoms with van der Waals surface area (Å²) in [5.41, 5.74) is 0.145. The molecule has 23 heavy (non-hydrogen) atoms. The number of carbonyl (C=O) groups excluding carboxylic acids is 1. The average Bonchev–Trinajstić information content (AvgIpc) is 2.78. The Morgan fingerprint density at radius 1 is 1.00 bits per heavy atom. The van der Waals surface area contributed by atoms with Gasteiger partial charge in [-0.2, -0.15) is 0 Å². The fourth-order valence-electron chi connectivity index (χ4n) is 2.15. The quantitative estimate of drug-likeness (QED) is 0.501. The lowest BCUT2D eigenvalue weighted by molar-refractivity contribution is 0.101. The van der Waals surface area contributed by atoms with Crippen molar-refractivity contribution >= 4 is 43.7 Å². The lowest BCUT2D eigenvalue weighted by Crippen LogP contribution is -1.98. The zero-order valence-corrected chi connectivity index (χ0v) is 14.3. The van der Waals surface area contributed by atoms with E-state index in [1.54, 1.807) is 0 Å². The molecule has 6 nitrogen and oxygen atoms in total. The summed E-state index contributed by atoms with van der Waals surface area (Å²) in [6.45, 7) is 0. The minimum atomic E-state index is -0.586. The van der Waals surface area contributed by atoms with Crippen LogP contribution < -0.4 is 4.74 Å². The van der Waals surface area contributed by atoms with Gasteiger partial charge in [-0.3, -0.25) is 4.79 Å². The number of fused-ring (bicyclic) bond motifs is 1. The van der Waals surface area contributed by atoms with Crippen LogP contribution in [0.25, 0.3) is 6.08 Å². The molecule has 0 saturated heterocycles. The molecule has 0 saturated carbocycles. The van der Waals surface area contributed by atoms with Crippen LogP contribution in [0.2, 0.25) is 0 Å². The molecule has 0 unspecified atom stereocenters. The number of carbonyl (C=O) groups is 1. The molecule has 3 rings (SSSR count). The van der Waals surface area contributed by atoms with Crippen molar-refractivity contribution in [1.82, 2.24) is 0 Å². The third-order valence-electron chi connectivity index (χ3n) is 3.22. The van der Waals surface area contributed by atoms with Crippen molar-refractivity contribution in [2.24, 2.45) is 0 Å². The Hall–Kier alpha value is -2.19. The highest BCUT2D eigenvalue weighted by molar-refractivity contribution is 9.11. The van der Waals surface area contributed by atoms with E-state index in [2.05, 4.69) is 31.9 Å². The molecule has 1 aliphatic heterocycles. The highest BCUT2D eigenvalue weighted by Crippen LogP contribution is 2.44. The van der Waals surface area contributed by atoms with Crippen LogP contribution in [0.1, 0.15) is 15.9 Å². The van der Waals surface area contributed by atoms with E-state index in [1.807, 2.05) is 0 Å². The fraction of sp³-hybridized carbons (Fsp3) is 0. The van der Waals surface area contributed by atoms with Gasteiger partial charge in [-0.05, 0) is 44.0 Å². The summed E-state index contributed by atoms with van der Waals surface area (Å²) in [6.07, 6.45) is 1.27. The Balaban J connectivity index is 2.10. The molecule has 0 atom stereocenters. The van der Waals surface area contributed by atoms with Gasteiger partial charge in [0.2, 0.25) is 5.78 Å². The van der Waals surface area contributed by atoms with Gasteiger partial charge in [0.05, 0.1) is 4.47 Å². The molecule has 0 radical (unpaired) electrons. The molecular formula is C15H8Br2O6. The number of phenolic OH excluding ortho intramolecular Hbond substituents is 4. The van der Waals surface area contributed by atoms with Crippen molar-refractivity contribution in [3.05, 3.63) is 44.0 Å². The Morgan fingerprint density at radius 2 is 1.70 bits per heavy atom. The third kappa shape index (κ3) is 2.53. The number of benzene rings is 2.